The van der Waals surface area contributed by atoms with Crippen molar-refractivity contribution in [2.45, 2.75) is 39.2 Å². The highest BCUT2D eigenvalue weighted by Crippen LogP contribution is 2.33. The quantitative estimate of drug-likeness (QED) is 0.813. The molecule has 2 atom stereocenters. The lowest BCUT2D eigenvalue weighted by atomic mass is 9.80. The van der Waals surface area contributed by atoms with Gasteiger partial charge in [-0.1, -0.05) is 41.9 Å². The number of nitrogens with one attached hydrogen (secondary N) is 1. The van der Waals surface area contributed by atoms with Crippen LogP contribution < -0.4 is 5.32 Å². The van der Waals surface area contributed by atoms with E-state index >= 15 is 0 Å². The van der Waals surface area contributed by atoms with Crippen LogP contribution in [-0.2, 0) is 0 Å². The van der Waals surface area contributed by atoms with E-state index in [1.165, 1.54) is 30.0 Å². The van der Waals surface area contributed by atoms with Crippen molar-refractivity contribution in [3.8, 4) is 0 Å². The van der Waals surface area contributed by atoms with E-state index in [1.54, 1.807) is 0 Å². The maximum Gasteiger partial charge on any atom is 0.134 e. The minimum atomic E-state index is 0.547. The molecule has 0 bridgehead atoms. The van der Waals surface area contributed by atoms with Gasteiger partial charge in [0.05, 0.1) is 0 Å². The second kappa shape index (κ2) is 5.72. The van der Waals surface area contributed by atoms with Gasteiger partial charge in [-0.15, -0.1) is 0 Å². The number of anilines is 1. The predicted molar refractivity (Wildman–Crippen MR) is 89.0 cm³/mol. The molecule has 2 aromatic rings. The first-order valence-corrected chi connectivity index (χ1v) is 8.22. The molecule has 0 aliphatic heterocycles. The first-order chi connectivity index (χ1) is 9.63. The van der Waals surface area contributed by atoms with Gasteiger partial charge in [-0.3, -0.25) is 0 Å². The molecule has 20 heavy (non-hydrogen) atoms. The number of hydrogen-bond donors (Lipinski definition) is 1. The molecule has 1 N–H and O–H groups in total. The summed E-state index contributed by atoms with van der Waals surface area (Å²) in [6.07, 6.45) is 5.74. The summed E-state index contributed by atoms with van der Waals surface area (Å²) >= 11 is 3.62. The Morgan fingerprint density at radius 2 is 1.80 bits per heavy atom. The average molecular weight is 333 g/mol. The zero-order valence-corrected chi connectivity index (χ0v) is 13.7. The van der Waals surface area contributed by atoms with E-state index in [-0.39, 0.29) is 0 Å². The van der Waals surface area contributed by atoms with Crippen molar-refractivity contribution in [2.24, 2.45) is 11.8 Å². The van der Waals surface area contributed by atoms with Gasteiger partial charge in [-0.25, -0.2) is 4.98 Å². The summed E-state index contributed by atoms with van der Waals surface area (Å²) in [6.45, 7) is 4.72. The number of pyridine rings is 1. The Bertz CT molecular complexity index is 601. The van der Waals surface area contributed by atoms with Crippen molar-refractivity contribution in [2.75, 3.05) is 5.32 Å². The number of halogens is 1. The van der Waals surface area contributed by atoms with Crippen LogP contribution in [0.3, 0.4) is 0 Å². The van der Waals surface area contributed by atoms with E-state index in [2.05, 4.69) is 64.3 Å². The molecule has 106 valence electrons. The first kappa shape index (κ1) is 13.9. The Kier molecular flexibility index (Phi) is 3.97. The SMILES string of the molecule is CC1CC(C)CC(Nc2nccc3c(Br)cccc23)C1. The molecule has 2 nitrogen and oxygen atoms in total. The van der Waals surface area contributed by atoms with Crippen LogP contribution in [0.15, 0.2) is 34.9 Å². The molecule has 2 unspecified atom stereocenters. The number of fused-ring (bicyclic) bond motifs is 1. The minimum Gasteiger partial charge on any atom is -0.367 e. The van der Waals surface area contributed by atoms with Gasteiger partial charge in [-0.2, -0.15) is 0 Å². The van der Waals surface area contributed by atoms with Crippen molar-refractivity contribution >= 4 is 32.5 Å². The number of nitrogens with zero attached hydrogens (tertiary/aromatic N) is 1. The number of benzene rings is 1. The zero-order valence-electron chi connectivity index (χ0n) is 12.1. The van der Waals surface area contributed by atoms with E-state index in [4.69, 9.17) is 0 Å². The lowest BCUT2D eigenvalue weighted by Gasteiger charge is -2.32. The van der Waals surface area contributed by atoms with E-state index in [1.807, 2.05) is 6.20 Å². The summed E-state index contributed by atoms with van der Waals surface area (Å²) in [7, 11) is 0. The Hall–Kier alpha value is -1.09. The highest BCUT2D eigenvalue weighted by molar-refractivity contribution is 9.10. The van der Waals surface area contributed by atoms with Crippen molar-refractivity contribution < 1.29 is 0 Å². The lowest BCUT2D eigenvalue weighted by Crippen LogP contribution is -2.30. The van der Waals surface area contributed by atoms with Gasteiger partial charge in [0.2, 0.25) is 0 Å². The summed E-state index contributed by atoms with van der Waals surface area (Å²) in [6, 6.07) is 8.91. The summed E-state index contributed by atoms with van der Waals surface area (Å²) in [4.78, 5) is 4.56. The van der Waals surface area contributed by atoms with Gasteiger partial charge < -0.3 is 5.32 Å². The Labute approximate surface area is 129 Å². The molecule has 1 aliphatic carbocycles. The fourth-order valence-electron chi connectivity index (χ4n) is 3.54. The van der Waals surface area contributed by atoms with Crippen LogP contribution in [0.25, 0.3) is 10.8 Å². The number of hydrogen-bond acceptors (Lipinski definition) is 2. The molecule has 1 fully saturated rings. The summed E-state index contributed by atoms with van der Waals surface area (Å²) in [5.74, 6) is 2.63. The number of aromatic nitrogens is 1. The van der Waals surface area contributed by atoms with Crippen molar-refractivity contribution in [1.82, 2.24) is 4.98 Å². The molecule has 3 rings (SSSR count). The minimum absolute atomic E-state index is 0.547. The third-order valence-electron chi connectivity index (χ3n) is 4.27. The van der Waals surface area contributed by atoms with Crippen LogP contribution in [0.2, 0.25) is 0 Å². The molecule has 1 aromatic heterocycles. The predicted octanol–water partition coefficient (Wildman–Crippen LogP) is 5.23. The average Bonchev–Trinajstić information content (AvgIpc) is 2.39. The van der Waals surface area contributed by atoms with E-state index in [0.717, 1.165) is 22.1 Å². The second-order valence-electron chi connectivity index (χ2n) is 6.25. The lowest BCUT2D eigenvalue weighted by molar-refractivity contribution is 0.280. The molecule has 0 spiro atoms. The van der Waals surface area contributed by atoms with Gasteiger partial charge in [0, 0.05) is 27.5 Å². The standard InChI is InChI=1S/C17H21BrN2/c1-11-8-12(2)10-13(9-11)20-17-15-4-3-5-16(18)14(15)6-7-19-17/h3-7,11-13H,8-10H2,1-2H3,(H,19,20). The normalized spacial score (nSPS) is 26.6. The third kappa shape index (κ3) is 2.83. The number of rotatable bonds is 2. The van der Waals surface area contributed by atoms with Crippen LogP contribution >= 0.6 is 15.9 Å². The highest BCUT2D eigenvalue weighted by Gasteiger charge is 2.24. The summed E-state index contributed by atoms with van der Waals surface area (Å²) in [5.41, 5.74) is 0. The fourth-order valence-corrected chi connectivity index (χ4v) is 4.04. The first-order valence-electron chi connectivity index (χ1n) is 7.43. The maximum atomic E-state index is 4.56. The maximum absolute atomic E-state index is 4.56. The van der Waals surface area contributed by atoms with Crippen LogP contribution in [0.1, 0.15) is 33.1 Å². The summed E-state index contributed by atoms with van der Waals surface area (Å²) in [5, 5.41) is 6.11. The Morgan fingerprint density at radius 3 is 2.55 bits per heavy atom. The van der Waals surface area contributed by atoms with Gasteiger partial charge in [0.25, 0.3) is 0 Å². The van der Waals surface area contributed by atoms with Crippen molar-refractivity contribution in [3.05, 3.63) is 34.9 Å². The molecule has 1 heterocycles. The van der Waals surface area contributed by atoms with Crippen molar-refractivity contribution in [1.29, 1.82) is 0 Å². The van der Waals surface area contributed by atoms with Crippen molar-refractivity contribution in [3.63, 3.8) is 0 Å². The highest BCUT2D eigenvalue weighted by atomic mass is 79.9. The molecule has 1 saturated carbocycles. The topological polar surface area (TPSA) is 24.9 Å². The zero-order chi connectivity index (χ0) is 14.1. The van der Waals surface area contributed by atoms with Crippen LogP contribution in [-0.4, -0.2) is 11.0 Å². The smallest absolute Gasteiger partial charge is 0.134 e. The van der Waals surface area contributed by atoms with Gasteiger partial charge in [0.15, 0.2) is 0 Å². The molecular formula is C17H21BrN2. The van der Waals surface area contributed by atoms with Crippen LogP contribution in [0.4, 0.5) is 5.82 Å². The van der Waals surface area contributed by atoms with Gasteiger partial charge in [0.1, 0.15) is 5.82 Å². The Morgan fingerprint density at radius 1 is 1.05 bits per heavy atom. The molecule has 1 aliphatic rings. The monoisotopic (exact) mass is 332 g/mol. The van der Waals surface area contributed by atoms with E-state index in [9.17, 15) is 0 Å². The van der Waals surface area contributed by atoms with E-state index in [0.29, 0.717) is 6.04 Å². The largest absolute Gasteiger partial charge is 0.367 e. The molecule has 1 aromatic carbocycles. The second-order valence-corrected chi connectivity index (χ2v) is 7.11. The van der Waals surface area contributed by atoms with Crippen LogP contribution in [0.5, 0.6) is 0 Å². The van der Waals surface area contributed by atoms with Gasteiger partial charge in [-0.05, 0) is 43.2 Å². The molecule has 0 radical (unpaired) electrons. The van der Waals surface area contributed by atoms with Gasteiger partial charge >= 0.3 is 0 Å². The molecule has 0 saturated heterocycles. The molecule has 0 amide bonds. The van der Waals surface area contributed by atoms with Crippen LogP contribution in [0, 0.1) is 11.8 Å². The third-order valence-corrected chi connectivity index (χ3v) is 4.96. The molecule has 3 heteroatoms. The summed E-state index contributed by atoms with van der Waals surface area (Å²) < 4.78 is 1.13. The Balaban J connectivity index is 1.89. The van der Waals surface area contributed by atoms with E-state index < -0.39 is 0 Å². The molecular weight excluding hydrogens is 312 g/mol. The fraction of sp³-hybridized carbons (Fsp3) is 0.471.